The molecule has 17 heavy (non-hydrogen) atoms. The molecule has 1 aromatic carbocycles. The summed E-state index contributed by atoms with van der Waals surface area (Å²) < 4.78 is 1.87. The summed E-state index contributed by atoms with van der Waals surface area (Å²) in [5.74, 6) is -0.248. The van der Waals surface area contributed by atoms with Gasteiger partial charge in [0.25, 0.3) is 5.91 Å². The summed E-state index contributed by atoms with van der Waals surface area (Å²) in [5, 5.41) is 2.80. The predicted molar refractivity (Wildman–Crippen MR) is 81.5 cm³/mol. The Hall–Kier alpha value is -0.300. The first-order chi connectivity index (χ1) is 8.08. The van der Waals surface area contributed by atoms with Gasteiger partial charge >= 0.3 is 0 Å². The van der Waals surface area contributed by atoms with Gasteiger partial charge in [0.1, 0.15) is 4.34 Å². The van der Waals surface area contributed by atoms with E-state index in [9.17, 15) is 4.79 Å². The zero-order valence-corrected chi connectivity index (χ0v) is 12.8. The van der Waals surface area contributed by atoms with E-state index in [1.807, 2.05) is 24.3 Å². The van der Waals surface area contributed by atoms with E-state index in [0.29, 0.717) is 14.2 Å². The molecule has 0 fully saturated rings. The highest BCUT2D eigenvalue weighted by Gasteiger charge is 2.14. The van der Waals surface area contributed by atoms with E-state index in [-0.39, 0.29) is 5.91 Å². The van der Waals surface area contributed by atoms with Crippen molar-refractivity contribution in [3.05, 3.63) is 48.1 Å². The Bertz CT molecular complexity index is 570. The van der Waals surface area contributed by atoms with Gasteiger partial charge in [-0.1, -0.05) is 35.3 Å². The number of anilines is 1. The fourth-order valence-corrected chi connectivity index (χ4v) is 3.23. The highest BCUT2D eigenvalue weighted by molar-refractivity contribution is 14.1. The first-order valence-corrected chi connectivity index (χ1v) is 7.24. The monoisotopic (exact) mass is 397 g/mol. The Balaban J connectivity index is 2.23. The van der Waals surface area contributed by atoms with Crippen LogP contribution in [0.2, 0.25) is 8.67 Å². The van der Waals surface area contributed by atoms with Gasteiger partial charge in [-0.15, -0.1) is 11.3 Å². The number of rotatable bonds is 2. The molecular weight excluding hydrogens is 392 g/mol. The Labute approximate surface area is 126 Å². The molecule has 2 nitrogen and oxygen atoms in total. The number of amides is 1. The van der Waals surface area contributed by atoms with Crippen molar-refractivity contribution < 1.29 is 4.79 Å². The number of carbonyl (C=O) groups is 1. The molecule has 0 aliphatic carbocycles. The van der Waals surface area contributed by atoms with E-state index in [1.54, 1.807) is 6.07 Å². The van der Waals surface area contributed by atoms with Crippen LogP contribution in [0.5, 0.6) is 0 Å². The van der Waals surface area contributed by atoms with Crippen LogP contribution in [0.15, 0.2) is 30.3 Å². The minimum Gasteiger partial charge on any atom is -0.321 e. The largest absolute Gasteiger partial charge is 0.321 e. The van der Waals surface area contributed by atoms with Crippen molar-refractivity contribution in [3.63, 3.8) is 0 Å². The quantitative estimate of drug-likeness (QED) is 0.716. The standard InChI is InChI=1S/C11H6Cl2INOS/c12-9-5-6(10(13)17-9)11(16)15-8-4-2-1-3-7(8)14/h1-5H,(H,15,16). The van der Waals surface area contributed by atoms with Gasteiger partial charge in [0.2, 0.25) is 0 Å². The second-order valence-electron chi connectivity index (χ2n) is 3.17. The van der Waals surface area contributed by atoms with Gasteiger partial charge in [-0.3, -0.25) is 4.79 Å². The summed E-state index contributed by atoms with van der Waals surface area (Å²) in [6, 6.07) is 9.09. The second-order valence-corrected chi connectivity index (χ2v) is 6.62. The number of carbonyl (C=O) groups excluding carboxylic acids is 1. The molecular formula is C11H6Cl2INOS. The predicted octanol–water partition coefficient (Wildman–Crippen LogP) is 4.91. The summed E-state index contributed by atoms with van der Waals surface area (Å²) in [4.78, 5) is 11.9. The molecule has 0 spiro atoms. The lowest BCUT2D eigenvalue weighted by molar-refractivity contribution is 0.102. The van der Waals surface area contributed by atoms with Crippen LogP contribution in [-0.2, 0) is 0 Å². The van der Waals surface area contributed by atoms with Crippen LogP contribution in [0.3, 0.4) is 0 Å². The zero-order chi connectivity index (χ0) is 12.4. The third-order valence-electron chi connectivity index (χ3n) is 2.02. The Kier molecular flexibility index (Phi) is 4.30. The molecule has 1 N–H and O–H groups in total. The van der Waals surface area contributed by atoms with Gasteiger partial charge in [0, 0.05) is 3.57 Å². The molecule has 2 rings (SSSR count). The molecule has 0 aliphatic heterocycles. The second kappa shape index (κ2) is 5.56. The van der Waals surface area contributed by atoms with Crippen molar-refractivity contribution in [3.8, 4) is 0 Å². The van der Waals surface area contributed by atoms with Gasteiger partial charge in [0.05, 0.1) is 15.6 Å². The van der Waals surface area contributed by atoms with E-state index in [0.717, 1.165) is 9.26 Å². The highest BCUT2D eigenvalue weighted by atomic mass is 127. The van der Waals surface area contributed by atoms with Crippen LogP contribution in [0.25, 0.3) is 0 Å². The van der Waals surface area contributed by atoms with Gasteiger partial charge in [-0.25, -0.2) is 0 Å². The van der Waals surface area contributed by atoms with Gasteiger partial charge in [-0.05, 0) is 40.8 Å². The van der Waals surface area contributed by atoms with Gasteiger partial charge < -0.3 is 5.32 Å². The number of benzene rings is 1. The molecule has 0 saturated heterocycles. The average Bonchev–Trinajstić information content (AvgIpc) is 2.61. The lowest BCUT2D eigenvalue weighted by Gasteiger charge is -2.05. The zero-order valence-electron chi connectivity index (χ0n) is 8.34. The topological polar surface area (TPSA) is 29.1 Å². The molecule has 1 heterocycles. The molecule has 6 heteroatoms. The maximum absolute atomic E-state index is 11.9. The molecule has 0 saturated carbocycles. The summed E-state index contributed by atoms with van der Waals surface area (Å²) in [6.07, 6.45) is 0. The molecule has 1 amide bonds. The van der Waals surface area contributed by atoms with Crippen LogP contribution < -0.4 is 5.32 Å². The molecule has 0 atom stereocenters. The van der Waals surface area contributed by atoms with Crippen LogP contribution in [0.1, 0.15) is 10.4 Å². The Morgan fingerprint density at radius 3 is 2.59 bits per heavy atom. The normalized spacial score (nSPS) is 10.3. The molecule has 0 bridgehead atoms. The number of hydrogen-bond donors (Lipinski definition) is 1. The first kappa shape index (κ1) is 13.1. The maximum atomic E-state index is 11.9. The lowest BCUT2D eigenvalue weighted by atomic mass is 10.3. The fraction of sp³-hybridized carbons (Fsp3) is 0. The summed E-state index contributed by atoms with van der Waals surface area (Å²) in [5.41, 5.74) is 1.16. The molecule has 1 aromatic heterocycles. The number of halogens is 3. The van der Waals surface area contributed by atoms with E-state index in [2.05, 4.69) is 27.9 Å². The summed E-state index contributed by atoms with van der Waals surface area (Å²) in [7, 11) is 0. The van der Waals surface area contributed by atoms with Crippen molar-refractivity contribution in [2.75, 3.05) is 5.32 Å². The fourth-order valence-electron chi connectivity index (χ4n) is 1.25. The number of hydrogen-bond acceptors (Lipinski definition) is 2. The number of nitrogens with one attached hydrogen (secondary N) is 1. The van der Waals surface area contributed by atoms with Crippen molar-refractivity contribution in [1.82, 2.24) is 0 Å². The first-order valence-electron chi connectivity index (χ1n) is 4.58. The number of para-hydroxylation sites is 1. The minimum atomic E-state index is -0.248. The van der Waals surface area contributed by atoms with E-state index in [1.165, 1.54) is 11.3 Å². The van der Waals surface area contributed by atoms with E-state index < -0.39 is 0 Å². The molecule has 2 aromatic rings. The smallest absolute Gasteiger partial charge is 0.258 e. The van der Waals surface area contributed by atoms with Crippen LogP contribution in [-0.4, -0.2) is 5.91 Å². The SMILES string of the molecule is O=C(Nc1ccccc1I)c1cc(Cl)sc1Cl. The van der Waals surface area contributed by atoms with Gasteiger partial charge in [-0.2, -0.15) is 0 Å². The van der Waals surface area contributed by atoms with Crippen LogP contribution in [0, 0.1) is 3.57 Å². The lowest BCUT2D eigenvalue weighted by Crippen LogP contribution is -2.12. The molecule has 0 aliphatic rings. The van der Waals surface area contributed by atoms with E-state index in [4.69, 9.17) is 23.2 Å². The Morgan fingerprint density at radius 2 is 2.00 bits per heavy atom. The molecule has 88 valence electrons. The third-order valence-corrected chi connectivity index (χ3v) is 4.45. The molecule has 0 unspecified atom stereocenters. The Morgan fingerprint density at radius 1 is 1.29 bits per heavy atom. The van der Waals surface area contributed by atoms with E-state index >= 15 is 0 Å². The highest BCUT2D eigenvalue weighted by Crippen LogP contribution is 2.31. The van der Waals surface area contributed by atoms with Crippen LogP contribution >= 0.6 is 57.1 Å². The average molecular weight is 398 g/mol. The van der Waals surface area contributed by atoms with Crippen molar-refractivity contribution in [1.29, 1.82) is 0 Å². The summed E-state index contributed by atoms with van der Waals surface area (Å²) in [6.45, 7) is 0. The molecule has 0 radical (unpaired) electrons. The third kappa shape index (κ3) is 3.13. The van der Waals surface area contributed by atoms with Crippen molar-refractivity contribution in [2.24, 2.45) is 0 Å². The van der Waals surface area contributed by atoms with Crippen molar-refractivity contribution in [2.45, 2.75) is 0 Å². The minimum absolute atomic E-state index is 0.248. The van der Waals surface area contributed by atoms with Crippen LogP contribution in [0.4, 0.5) is 5.69 Å². The maximum Gasteiger partial charge on any atom is 0.258 e. The summed E-state index contributed by atoms with van der Waals surface area (Å²) >= 11 is 15.1. The van der Waals surface area contributed by atoms with Gasteiger partial charge in [0.15, 0.2) is 0 Å². The van der Waals surface area contributed by atoms with Crippen molar-refractivity contribution >= 4 is 68.7 Å². The number of thiophene rings is 1.